The second-order valence-electron chi connectivity index (χ2n) is 7.00. The van der Waals surface area contributed by atoms with E-state index < -0.39 is 6.04 Å². The summed E-state index contributed by atoms with van der Waals surface area (Å²) in [4.78, 5) is 8.84. The zero-order valence-electron chi connectivity index (χ0n) is 16.9. The predicted octanol–water partition coefficient (Wildman–Crippen LogP) is 4.05. The molecule has 0 fully saturated rings. The molecule has 0 spiro atoms. The summed E-state index contributed by atoms with van der Waals surface area (Å²) >= 11 is 9.72. The van der Waals surface area contributed by atoms with Gasteiger partial charge in [-0.3, -0.25) is 5.32 Å². The fraction of sp³-hybridized carbons (Fsp3) is 0.0909. The molecule has 11 heteroatoms. The van der Waals surface area contributed by atoms with Gasteiger partial charge in [-0.05, 0) is 35.9 Å². The molecule has 0 amide bonds. The maximum absolute atomic E-state index is 9.51. The third-order valence-corrected chi connectivity index (χ3v) is 5.70. The van der Waals surface area contributed by atoms with Crippen LogP contribution in [0, 0.1) is 22.8 Å². The van der Waals surface area contributed by atoms with Crippen LogP contribution in [0.15, 0.2) is 51.9 Å². The number of nitrogens with zero attached hydrogens (tertiary/aromatic N) is 4. The minimum absolute atomic E-state index is 0.0315. The summed E-state index contributed by atoms with van der Waals surface area (Å²) in [6, 6.07) is 14.1. The lowest BCUT2D eigenvalue weighted by Gasteiger charge is -2.27. The van der Waals surface area contributed by atoms with E-state index >= 15 is 0 Å². The van der Waals surface area contributed by atoms with Crippen LogP contribution < -0.4 is 26.8 Å². The van der Waals surface area contributed by atoms with Crippen molar-refractivity contribution in [3.63, 3.8) is 0 Å². The van der Waals surface area contributed by atoms with Crippen LogP contribution >= 0.6 is 27.5 Å². The number of ether oxygens (including phenoxy) is 1. The molecule has 0 saturated heterocycles. The molecule has 4 rings (SSSR count). The van der Waals surface area contributed by atoms with Crippen molar-refractivity contribution in [3.8, 4) is 18.0 Å². The normalized spacial score (nSPS) is 14.2. The van der Waals surface area contributed by atoms with E-state index in [0.717, 1.165) is 10.0 Å². The molecule has 33 heavy (non-hydrogen) atoms. The Kier molecular flexibility index (Phi) is 6.22. The highest BCUT2D eigenvalue weighted by molar-refractivity contribution is 9.10. The minimum atomic E-state index is -0.768. The lowest BCUT2D eigenvalue weighted by molar-refractivity contribution is 0.302. The predicted molar refractivity (Wildman–Crippen MR) is 129 cm³/mol. The molecule has 9 nitrogen and oxygen atoms in total. The summed E-state index contributed by atoms with van der Waals surface area (Å²) in [5.41, 5.74) is 14.4. The number of guanidine groups is 1. The summed E-state index contributed by atoms with van der Waals surface area (Å²) < 4.78 is 7.07. The third kappa shape index (κ3) is 4.48. The molecule has 1 aromatic heterocycles. The molecule has 2 heterocycles. The molecular weight excluding hydrogens is 508 g/mol. The van der Waals surface area contributed by atoms with Crippen LogP contribution in [0.4, 0.5) is 17.3 Å². The Balaban J connectivity index is 1.82. The molecule has 1 aliphatic heterocycles. The van der Waals surface area contributed by atoms with Crippen LogP contribution in [0.5, 0.6) is 5.75 Å². The van der Waals surface area contributed by atoms with E-state index in [1.54, 1.807) is 18.2 Å². The first kappa shape index (κ1) is 22.2. The van der Waals surface area contributed by atoms with Crippen LogP contribution in [0.25, 0.3) is 0 Å². The first-order chi connectivity index (χ1) is 15.9. The average molecular weight is 524 g/mol. The molecule has 1 unspecified atom stereocenters. The Morgan fingerprint density at radius 3 is 2.64 bits per heavy atom. The first-order valence-corrected chi connectivity index (χ1v) is 10.7. The Labute approximate surface area is 202 Å². The zero-order valence-corrected chi connectivity index (χ0v) is 19.3. The Morgan fingerprint density at radius 1 is 1.18 bits per heavy atom. The maximum atomic E-state index is 9.51. The van der Waals surface area contributed by atoms with Gasteiger partial charge < -0.3 is 21.5 Å². The maximum Gasteiger partial charge on any atom is 0.211 e. The molecule has 164 valence electrons. The molecule has 0 radical (unpaired) electrons. The smallest absolute Gasteiger partial charge is 0.211 e. The van der Waals surface area contributed by atoms with Crippen LogP contribution in [-0.2, 0) is 6.61 Å². The topological polar surface area (TPSA) is 158 Å². The van der Waals surface area contributed by atoms with Gasteiger partial charge in [-0.2, -0.15) is 10.5 Å². The number of hydrogen-bond donors (Lipinski definition) is 4. The molecule has 1 atom stereocenters. The van der Waals surface area contributed by atoms with E-state index in [2.05, 4.69) is 36.5 Å². The summed E-state index contributed by atoms with van der Waals surface area (Å²) in [6.45, 7) is 0.297. The number of anilines is 3. The molecule has 2 aromatic carbocycles. The zero-order chi connectivity index (χ0) is 23.5. The van der Waals surface area contributed by atoms with E-state index in [1.807, 2.05) is 36.5 Å². The number of nitrogens with one attached hydrogen (secondary N) is 2. The molecule has 0 aliphatic carbocycles. The Morgan fingerprint density at radius 2 is 1.94 bits per heavy atom. The number of hydrogen-bond acceptors (Lipinski definition) is 9. The molecule has 0 bridgehead atoms. The summed E-state index contributed by atoms with van der Waals surface area (Å²) in [7, 11) is 0. The Hall–Kier alpha value is -3.99. The van der Waals surface area contributed by atoms with Gasteiger partial charge >= 0.3 is 0 Å². The standard InChI is InChI=1S/C22H16BrClN8O/c23-12-3-1-11(2-4-12)9-33-16-6-5-13(24)7-14(16)19-17-18(27)15(8-25)20(28)31-21(17)32-22(30-19)29-10-26/h1-7,19H,9H2,(H6,27,28,29,30,31,32). The highest BCUT2D eigenvalue weighted by atomic mass is 79.9. The second kappa shape index (κ2) is 9.25. The van der Waals surface area contributed by atoms with E-state index in [1.165, 1.54) is 0 Å². The van der Waals surface area contributed by atoms with Gasteiger partial charge in [0.1, 0.15) is 41.7 Å². The van der Waals surface area contributed by atoms with Crippen LogP contribution in [0.3, 0.4) is 0 Å². The van der Waals surface area contributed by atoms with Gasteiger partial charge in [0.05, 0.1) is 5.69 Å². The highest BCUT2D eigenvalue weighted by Crippen LogP contribution is 2.44. The van der Waals surface area contributed by atoms with Crippen molar-refractivity contribution in [2.45, 2.75) is 12.6 Å². The summed E-state index contributed by atoms with van der Waals surface area (Å²) in [5.74, 6) is 0.899. The largest absolute Gasteiger partial charge is 0.489 e. The summed E-state index contributed by atoms with van der Waals surface area (Å²) in [5, 5.41) is 24.4. The molecule has 0 saturated carbocycles. The van der Waals surface area contributed by atoms with Crippen LogP contribution in [0.2, 0.25) is 5.02 Å². The minimum Gasteiger partial charge on any atom is -0.489 e. The molecular formula is C22H16BrClN8O. The van der Waals surface area contributed by atoms with E-state index in [4.69, 9.17) is 33.1 Å². The van der Waals surface area contributed by atoms with E-state index in [9.17, 15) is 5.26 Å². The van der Waals surface area contributed by atoms with Crippen molar-refractivity contribution in [2.75, 3.05) is 16.8 Å². The van der Waals surface area contributed by atoms with Gasteiger partial charge in [-0.1, -0.05) is 39.7 Å². The van der Waals surface area contributed by atoms with Crippen molar-refractivity contribution in [1.29, 1.82) is 10.5 Å². The molecule has 3 aromatic rings. The molecule has 1 aliphatic rings. The summed E-state index contributed by atoms with van der Waals surface area (Å²) in [6.07, 6.45) is 1.82. The van der Waals surface area contributed by atoms with E-state index in [-0.39, 0.29) is 28.8 Å². The lowest BCUT2D eigenvalue weighted by Crippen LogP contribution is -2.32. The number of nitrogen functional groups attached to an aromatic ring is 2. The highest BCUT2D eigenvalue weighted by Gasteiger charge is 2.31. The fourth-order valence-corrected chi connectivity index (χ4v) is 3.86. The number of aliphatic imine (C=N–C) groups is 1. The number of halogens is 2. The van der Waals surface area contributed by atoms with Crippen molar-refractivity contribution in [1.82, 2.24) is 10.3 Å². The van der Waals surface area contributed by atoms with Gasteiger partial charge in [0.15, 0.2) is 6.19 Å². The number of nitrogens with two attached hydrogens (primary N) is 2. The van der Waals surface area contributed by atoms with Gasteiger partial charge in [0.2, 0.25) is 5.96 Å². The number of aromatic nitrogens is 1. The van der Waals surface area contributed by atoms with Crippen LogP contribution in [0.1, 0.15) is 28.3 Å². The molecule has 6 N–H and O–H groups in total. The SMILES string of the molecule is N#CNC1=NC(c2cc(Cl)ccc2OCc2ccc(Br)cc2)c2c(nc(N)c(C#N)c2N)N1. The fourth-order valence-electron chi connectivity index (χ4n) is 3.41. The third-order valence-electron chi connectivity index (χ3n) is 4.93. The number of rotatable bonds is 4. The lowest BCUT2D eigenvalue weighted by atomic mass is 9.94. The number of nitriles is 2. The second-order valence-corrected chi connectivity index (χ2v) is 8.35. The van der Waals surface area contributed by atoms with Crippen molar-refractivity contribution >= 4 is 50.8 Å². The van der Waals surface area contributed by atoms with Gasteiger partial charge in [-0.15, -0.1) is 0 Å². The van der Waals surface area contributed by atoms with Gasteiger partial charge in [0.25, 0.3) is 0 Å². The average Bonchev–Trinajstić information content (AvgIpc) is 2.79. The quantitative estimate of drug-likeness (QED) is 0.294. The monoisotopic (exact) mass is 522 g/mol. The Bertz CT molecular complexity index is 1340. The van der Waals surface area contributed by atoms with Gasteiger partial charge in [0, 0.05) is 20.6 Å². The number of pyridine rings is 1. The van der Waals surface area contributed by atoms with E-state index in [0.29, 0.717) is 28.5 Å². The van der Waals surface area contributed by atoms with Crippen LogP contribution in [-0.4, -0.2) is 10.9 Å². The van der Waals surface area contributed by atoms with Crippen molar-refractivity contribution in [3.05, 3.63) is 74.2 Å². The van der Waals surface area contributed by atoms with Crippen molar-refractivity contribution in [2.24, 2.45) is 4.99 Å². The number of benzene rings is 2. The number of fused-ring (bicyclic) bond motifs is 1. The van der Waals surface area contributed by atoms with Gasteiger partial charge in [-0.25, -0.2) is 9.98 Å². The first-order valence-electron chi connectivity index (χ1n) is 9.56. The van der Waals surface area contributed by atoms with Crippen molar-refractivity contribution < 1.29 is 4.74 Å².